The molecule has 2 aromatic carbocycles. The van der Waals surface area contributed by atoms with Crippen LogP contribution in [0.4, 0.5) is 0 Å². The van der Waals surface area contributed by atoms with Gasteiger partial charge in [0.2, 0.25) is 0 Å². The Bertz CT molecular complexity index is 524. The monoisotopic (exact) mass is 222 g/mol. The zero-order valence-corrected chi connectivity index (χ0v) is 9.76. The summed E-state index contributed by atoms with van der Waals surface area (Å²) in [6.45, 7) is 1.60. The molecule has 0 aromatic heterocycles. The molecule has 0 spiro atoms. The van der Waals surface area contributed by atoms with Gasteiger partial charge in [0, 0.05) is 5.57 Å². The molecule has 2 rings (SSSR count). The maximum Gasteiger partial charge on any atom is 0.160 e. The van der Waals surface area contributed by atoms with Crippen molar-refractivity contribution in [2.24, 2.45) is 0 Å². The lowest BCUT2D eigenvalue weighted by Gasteiger charge is -2.04. The number of carbonyl (C=O) groups is 1. The van der Waals surface area contributed by atoms with E-state index in [0.717, 1.165) is 16.7 Å². The van der Waals surface area contributed by atoms with Crippen molar-refractivity contribution in [2.75, 3.05) is 0 Å². The first-order valence-corrected chi connectivity index (χ1v) is 5.60. The van der Waals surface area contributed by atoms with Gasteiger partial charge < -0.3 is 0 Å². The molecule has 17 heavy (non-hydrogen) atoms. The van der Waals surface area contributed by atoms with E-state index in [1.54, 1.807) is 6.92 Å². The van der Waals surface area contributed by atoms with E-state index in [1.807, 2.05) is 66.7 Å². The van der Waals surface area contributed by atoms with Gasteiger partial charge in [-0.05, 0) is 24.1 Å². The second-order valence-electron chi connectivity index (χ2n) is 3.89. The van der Waals surface area contributed by atoms with Gasteiger partial charge in [0.05, 0.1) is 0 Å². The Labute approximate surface area is 101 Å². The molecule has 2 aromatic rings. The normalized spacial score (nSPS) is 11.2. The topological polar surface area (TPSA) is 17.1 Å². The summed E-state index contributed by atoms with van der Waals surface area (Å²) in [5, 5.41) is 0. The predicted octanol–water partition coefficient (Wildman–Crippen LogP) is 3.82. The van der Waals surface area contributed by atoms with E-state index in [4.69, 9.17) is 0 Å². The number of carbonyl (C=O) groups excluding carboxylic acids is 1. The molecule has 84 valence electrons. The maximum atomic E-state index is 11.7. The van der Waals surface area contributed by atoms with E-state index >= 15 is 0 Å². The number of hydrogen-bond acceptors (Lipinski definition) is 1. The average Bonchev–Trinajstić information content (AvgIpc) is 2.38. The fourth-order valence-electron chi connectivity index (χ4n) is 1.72. The molecular formula is C16H14O. The van der Waals surface area contributed by atoms with Crippen molar-refractivity contribution >= 4 is 17.4 Å². The molecule has 0 aliphatic heterocycles. The van der Waals surface area contributed by atoms with Crippen LogP contribution in [0.1, 0.15) is 18.1 Å². The molecule has 0 bridgehead atoms. The Kier molecular flexibility index (Phi) is 3.51. The van der Waals surface area contributed by atoms with Crippen molar-refractivity contribution < 1.29 is 4.79 Å². The Balaban J connectivity index is 2.44. The van der Waals surface area contributed by atoms with Crippen LogP contribution in [-0.2, 0) is 4.79 Å². The Morgan fingerprint density at radius 2 is 1.41 bits per heavy atom. The summed E-state index contributed by atoms with van der Waals surface area (Å²) in [7, 11) is 0. The summed E-state index contributed by atoms with van der Waals surface area (Å²) < 4.78 is 0. The first kappa shape index (κ1) is 11.3. The highest BCUT2D eigenvalue weighted by molar-refractivity contribution is 6.24. The largest absolute Gasteiger partial charge is 0.294 e. The summed E-state index contributed by atoms with van der Waals surface area (Å²) in [6, 6.07) is 19.6. The van der Waals surface area contributed by atoms with Crippen molar-refractivity contribution in [1.29, 1.82) is 0 Å². The highest BCUT2D eigenvalue weighted by Crippen LogP contribution is 2.18. The van der Waals surface area contributed by atoms with Gasteiger partial charge in [0.15, 0.2) is 5.78 Å². The number of benzene rings is 2. The molecule has 0 atom stereocenters. The predicted molar refractivity (Wildman–Crippen MR) is 71.4 cm³/mol. The highest BCUT2D eigenvalue weighted by atomic mass is 16.1. The van der Waals surface area contributed by atoms with Crippen LogP contribution < -0.4 is 0 Å². The first-order valence-electron chi connectivity index (χ1n) is 5.60. The van der Waals surface area contributed by atoms with Crippen molar-refractivity contribution in [3.05, 3.63) is 71.8 Å². The number of ketones is 1. The third kappa shape index (κ3) is 2.91. The lowest BCUT2D eigenvalue weighted by Crippen LogP contribution is -1.95. The maximum absolute atomic E-state index is 11.7. The zero-order valence-electron chi connectivity index (χ0n) is 9.76. The second kappa shape index (κ2) is 5.26. The molecule has 0 radical (unpaired) electrons. The fourth-order valence-corrected chi connectivity index (χ4v) is 1.72. The van der Waals surface area contributed by atoms with Crippen molar-refractivity contribution in [1.82, 2.24) is 0 Å². The van der Waals surface area contributed by atoms with Gasteiger partial charge >= 0.3 is 0 Å². The molecule has 0 amide bonds. The molecule has 0 fully saturated rings. The summed E-state index contributed by atoms with van der Waals surface area (Å²) in [5.41, 5.74) is 2.75. The van der Waals surface area contributed by atoms with Gasteiger partial charge in [-0.25, -0.2) is 0 Å². The van der Waals surface area contributed by atoms with Gasteiger partial charge in [0.1, 0.15) is 0 Å². The minimum Gasteiger partial charge on any atom is -0.294 e. The fraction of sp³-hybridized carbons (Fsp3) is 0.0625. The van der Waals surface area contributed by atoms with Crippen LogP contribution in [0, 0.1) is 0 Å². The molecule has 0 N–H and O–H groups in total. The van der Waals surface area contributed by atoms with Gasteiger partial charge in [-0.2, -0.15) is 0 Å². The number of allylic oxidation sites excluding steroid dienone is 1. The highest BCUT2D eigenvalue weighted by Gasteiger charge is 2.06. The van der Waals surface area contributed by atoms with Gasteiger partial charge in [-0.1, -0.05) is 60.7 Å². The molecule has 0 unspecified atom stereocenters. The Hall–Kier alpha value is -2.15. The van der Waals surface area contributed by atoms with Crippen LogP contribution in [0.15, 0.2) is 60.7 Å². The number of Topliss-reactive ketones (excluding diaryl/α,β-unsaturated/α-hetero) is 1. The smallest absolute Gasteiger partial charge is 0.160 e. The van der Waals surface area contributed by atoms with Crippen LogP contribution in [-0.4, -0.2) is 5.78 Å². The van der Waals surface area contributed by atoms with Crippen LogP contribution in [0.5, 0.6) is 0 Å². The minimum atomic E-state index is 0.0834. The summed E-state index contributed by atoms with van der Waals surface area (Å²) in [5.74, 6) is 0.0834. The molecule has 1 heteroatoms. The Morgan fingerprint density at radius 1 is 0.882 bits per heavy atom. The standard InChI is InChI=1S/C16H14O/c1-13(17)16(15-10-6-3-7-11-15)12-14-8-4-2-5-9-14/h2-12H,1H3/b16-12-. The molecule has 0 heterocycles. The van der Waals surface area contributed by atoms with Crippen molar-refractivity contribution in [3.8, 4) is 0 Å². The second-order valence-corrected chi connectivity index (χ2v) is 3.89. The lowest BCUT2D eigenvalue weighted by molar-refractivity contribution is -0.111. The molecule has 0 aliphatic carbocycles. The summed E-state index contributed by atoms with van der Waals surface area (Å²) in [6.07, 6.45) is 1.93. The Morgan fingerprint density at radius 3 is 1.94 bits per heavy atom. The number of rotatable bonds is 3. The van der Waals surface area contributed by atoms with E-state index < -0.39 is 0 Å². The molecule has 0 saturated carbocycles. The van der Waals surface area contributed by atoms with E-state index in [0.29, 0.717) is 0 Å². The SMILES string of the molecule is CC(=O)/C(=C/c1ccccc1)c1ccccc1. The first-order chi connectivity index (χ1) is 8.27. The molecular weight excluding hydrogens is 208 g/mol. The van der Waals surface area contributed by atoms with Gasteiger partial charge in [-0.15, -0.1) is 0 Å². The van der Waals surface area contributed by atoms with E-state index in [-0.39, 0.29) is 5.78 Å². The van der Waals surface area contributed by atoms with Crippen molar-refractivity contribution in [3.63, 3.8) is 0 Å². The minimum absolute atomic E-state index is 0.0834. The van der Waals surface area contributed by atoms with Crippen LogP contribution in [0.2, 0.25) is 0 Å². The van der Waals surface area contributed by atoms with Gasteiger partial charge in [0.25, 0.3) is 0 Å². The summed E-state index contributed by atoms with van der Waals surface area (Å²) >= 11 is 0. The van der Waals surface area contributed by atoms with E-state index in [2.05, 4.69) is 0 Å². The number of hydrogen-bond donors (Lipinski definition) is 0. The third-order valence-corrected chi connectivity index (χ3v) is 2.57. The van der Waals surface area contributed by atoms with Crippen LogP contribution in [0.3, 0.4) is 0 Å². The van der Waals surface area contributed by atoms with E-state index in [1.165, 1.54) is 0 Å². The third-order valence-electron chi connectivity index (χ3n) is 2.57. The molecule has 0 aliphatic rings. The zero-order chi connectivity index (χ0) is 12.1. The van der Waals surface area contributed by atoms with Crippen LogP contribution >= 0.6 is 0 Å². The molecule has 1 nitrogen and oxygen atoms in total. The molecule has 0 saturated heterocycles. The summed E-state index contributed by atoms with van der Waals surface area (Å²) in [4.78, 5) is 11.7. The lowest BCUT2D eigenvalue weighted by atomic mass is 10.00. The van der Waals surface area contributed by atoms with Crippen LogP contribution in [0.25, 0.3) is 11.6 Å². The quantitative estimate of drug-likeness (QED) is 0.570. The average molecular weight is 222 g/mol. The van der Waals surface area contributed by atoms with Gasteiger partial charge in [-0.3, -0.25) is 4.79 Å². The van der Waals surface area contributed by atoms with E-state index in [9.17, 15) is 4.79 Å². The van der Waals surface area contributed by atoms with Crippen molar-refractivity contribution in [2.45, 2.75) is 6.92 Å².